The Hall–Kier alpha value is -3.00. The monoisotopic (exact) mass is 361 g/mol. The van der Waals surface area contributed by atoms with Gasteiger partial charge in [-0.25, -0.2) is 0 Å². The van der Waals surface area contributed by atoms with Gasteiger partial charge in [-0.1, -0.05) is 66.1 Å². The Morgan fingerprint density at radius 1 is 0.821 bits per heavy atom. The maximum atomic E-state index is 4.56. The molecule has 5 rings (SSSR count). The quantitative estimate of drug-likeness (QED) is 0.557. The van der Waals surface area contributed by atoms with E-state index in [1.54, 1.807) is 0 Å². The number of benzene rings is 3. The molecule has 0 aliphatic carbocycles. The number of hydrogen-bond donors (Lipinski definition) is 0. The third kappa shape index (κ3) is 2.56. The summed E-state index contributed by atoms with van der Waals surface area (Å²) in [5, 5.41) is 0. The summed E-state index contributed by atoms with van der Waals surface area (Å²) in [6.45, 7) is 11.3. The van der Waals surface area contributed by atoms with E-state index in [1.807, 2.05) is 0 Å². The Bertz CT molecular complexity index is 1150. The van der Waals surface area contributed by atoms with Crippen molar-refractivity contribution in [3.05, 3.63) is 107 Å². The number of hydrogen-bond acceptors (Lipinski definition) is 1. The molecule has 2 aliphatic rings. The summed E-state index contributed by atoms with van der Waals surface area (Å²) in [7, 11) is 0. The summed E-state index contributed by atoms with van der Waals surface area (Å²) in [6.07, 6.45) is 3.37. The SMILES string of the molecule is C=C1C2=CCc3cc(C)ccc3B2c2ccc(C)cc2N1c1cccc(C)c1. The molecule has 1 nitrogen and oxygen atoms in total. The Labute approximate surface area is 168 Å². The number of rotatable bonds is 1. The first-order valence-electron chi connectivity index (χ1n) is 9.99. The highest BCUT2D eigenvalue weighted by molar-refractivity contribution is 6.93. The van der Waals surface area contributed by atoms with Crippen molar-refractivity contribution >= 4 is 29.0 Å². The van der Waals surface area contributed by atoms with E-state index in [0.717, 1.165) is 12.1 Å². The zero-order chi connectivity index (χ0) is 19.4. The minimum Gasteiger partial charge on any atom is -0.312 e. The van der Waals surface area contributed by atoms with Gasteiger partial charge in [0, 0.05) is 17.1 Å². The maximum absolute atomic E-state index is 4.56. The molecule has 0 fully saturated rings. The highest BCUT2D eigenvalue weighted by Crippen LogP contribution is 2.38. The molecule has 2 aliphatic heterocycles. The van der Waals surface area contributed by atoms with Crippen molar-refractivity contribution in [2.45, 2.75) is 27.2 Å². The average molecular weight is 361 g/mol. The zero-order valence-corrected chi connectivity index (χ0v) is 16.8. The van der Waals surface area contributed by atoms with Gasteiger partial charge in [-0.05, 0) is 73.0 Å². The highest BCUT2D eigenvalue weighted by Gasteiger charge is 2.39. The van der Waals surface area contributed by atoms with Gasteiger partial charge in [0.2, 0.25) is 6.71 Å². The molecule has 0 spiro atoms. The summed E-state index contributed by atoms with van der Waals surface area (Å²) in [5.74, 6) is 0. The molecule has 3 aromatic carbocycles. The first kappa shape index (κ1) is 17.1. The molecule has 0 saturated heterocycles. The lowest BCUT2D eigenvalue weighted by Crippen LogP contribution is -2.54. The minimum atomic E-state index is 0.272. The lowest BCUT2D eigenvalue weighted by molar-refractivity contribution is 1.15. The van der Waals surface area contributed by atoms with E-state index in [1.165, 1.54) is 50.0 Å². The van der Waals surface area contributed by atoms with Crippen LogP contribution >= 0.6 is 0 Å². The summed E-state index contributed by atoms with van der Waals surface area (Å²) in [4.78, 5) is 2.34. The van der Waals surface area contributed by atoms with E-state index in [0.29, 0.717) is 0 Å². The van der Waals surface area contributed by atoms with Gasteiger partial charge in [0.1, 0.15) is 0 Å². The van der Waals surface area contributed by atoms with E-state index in [-0.39, 0.29) is 6.71 Å². The first-order chi connectivity index (χ1) is 13.5. The van der Waals surface area contributed by atoms with Crippen LogP contribution in [0.25, 0.3) is 0 Å². The van der Waals surface area contributed by atoms with Crippen molar-refractivity contribution in [3.8, 4) is 0 Å². The molecule has 28 heavy (non-hydrogen) atoms. The molecular formula is C26H24BN. The molecule has 0 radical (unpaired) electrons. The van der Waals surface area contributed by atoms with Crippen LogP contribution in [0.15, 0.2) is 84.5 Å². The molecule has 0 bridgehead atoms. The Balaban J connectivity index is 1.77. The van der Waals surface area contributed by atoms with Crippen molar-refractivity contribution in [2.24, 2.45) is 0 Å². The first-order valence-corrected chi connectivity index (χ1v) is 9.99. The van der Waals surface area contributed by atoms with Gasteiger partial charge in [0.05, 0.1) is 0 Å². The third-order valence-corrected chi connectivity index (χ3v) is 6.06. The average Bonchev–Trinajstić information content (AvgIpc) is 2.67. The Morgan fingerprint density at radius 2 is 1.54 bits per heavy atom. The number of allylic oxidation sites excluding steroid dienone is 2. The molecule has 2 heteroatoms. The molecule has 136 valence electrons. The van der Waals surface area contributed by atoms with Gasteiger partial charge in [-0.2, -0.15) is 0 Å². The standard InChI is InChI=1S/C26H24BN/c1-17-6-5-7-22(15-17)28-20(4)23-13-10-21-14-18(2)8-11-24(21)27(23)25-12-9-19(3)16-26(25)28/h5-9,11-16H,4,10H2,1-3H3. The number of fused-ring (bicyclic) bond motifs is 5. The van der Waals surface area contributed by atoms with E-state index in [2.05, 4.69) is 99.0 Å². The number of aryl methyl sites for hydroxylation is 3. The second kappa shape index (κ2) is 6.27. The fourth-order valence-electron chi connectivity index (χ4n) is 4.75. The van der Waals surface area contributed by atoms with Crippen LogP contribution in [0.2, 0.25) is 0 Å². The largest absolute Gasteiger partial charge is 0.312 e. The summed E-state index contributed by atoms with van der Waals surface area (Å²) in [5.41, 5.74) is 13.0. The Morgan fingerprint density at radius 3 is 2.32 bits per heavy atom. The molecule has 0 atom stereocenters. The minimum absolute atomic E-state index is 0.272. The molecule has 0 unspecified atom stereocenters. The summed E-state index contributed by atoms with van der Waals surface area (Å²) < 4.78 is 0. The van der Waals surface area contributed by atoms with Crippen molar-refractivity contribution in [2.75, 3.05) is 4.90 Å². The van der Waals surface area contributed by atoms with Gasteiger partial charge in [-0.3, -0.25) is 0 Å². The van der Waals surface area contributed by atoms with E-state index in [9.17, 15) is 0 Å². The van der Waals surface area contributed by atoms with Crippen LogP contribution in [0.3, 0.4) is 0 Å². The lowest BCUT2D eigenvalue weighted by atomic mass is 9.32. The number of anilines is 2. The highest BCUT2D eigenvalue weighted by atomic mass is 15.2. The van der Waals surface area contributed by atoms with Crippen LogP contribution in [0.5, 0.6) is 0 Å². The van der Waals surface area contributed by atoms with E-state index >= 15 is 0 Å². The van der Waals surface area contributed by atoms with Crippen molar-refractivity contribution in [3.63, 3.8) is 0 Å². The topological polar surface area (TPSA) is 3.24 Å². The van der Waals surface area contributed by atoms with Crippen LogP contribution in [0.4, 0.5) is 11.4 Å². The predicted molar refractivity (Wildman–Crippen MR) is 122 cm³/mol. The third-order valence-electron chi connectivity index (χ3n) is 6.06. The van der Waals surface area contributed by atoms with Gasteiger partial charge in [0.25, 0.3) is 0 Å². The van der Waals surface area contributed by atoms with Gasteiger partial charge >= 0.3 is 0 Å². The molecular weight excluding hydrogens is 337 g/mol. The second-order valence-electron chi connectivity index (χ2n) is 8.18. The van der Waals surface area contributed by atoms with E-state index in [4.69, 9.17) is 0 Å². The lowest BCUT2D eigenvalue weighted by Gasteiger charge is -2.40. The molecule has 0 aromatic heterocycles. The van der Waals surface area contributed by atoms with Crippen molar-refractivity contribution in [1.29, 1.82) is 0 Å². The van der Waals surface area contributed by atoms with Gasteiger partial charge < -0.3 is 4.90 Å². The molecule has 0 saturated carbocycles. The van der Waals surface area contributed by atoms with E-state index < -0.39 is 0 Å². The fourth-order valence-corrected chi connectivity index (χ4v) is 4.75. The maximum Gasteiger partial charge on any atom is 0.246 e. The summed E-state index contributed by atoms with van der Waals surface area (Å²) in [6, 6.07) is 22.5. The molecule has 3 aromatic rings. The van der Waals surface area contributed by atoms with Gasteiger partial charge in [0.15, 0.2) is 0 Å². The molecule has 0 amide bonds. The predicted octanol–water partition coefficient (Wildman–Crippen LogP) is 4.91. The molecule has 2 heterocycles. The Kier molecular flexibility index (Phi) is 3.84. The van der Waals surface area contributed by atoms with Crippen LogP contribution in [-0.2, 0) is 6.42 Å². The number of nitrogens with zero attached hydrogens (tertiary/aromatic N) is 1. The van der Waals surface area contributed by atoms with Crippen LogP contribution < -0.4 is 15.8 Å². The van der Waals surface area contributed by atoms with Gasteiger partial charge in [-0.15, -0.1) is 0 Å². The van der Waals surface area contributed by atoms with Crippen molar-refractivity contribution in [1.82, 2.24) is 0 Å². The smallest absolute Gasteiger partial charge is 0.246 e. The second-order valence-corrected chi connectivity index (χ2v) is 8.18. The molecule has 0 N–H and O–H groups in total. The normalized spacial score (nSPS) is 15.0. The van der Waals surface area contributed by atoms with Crippen molar-refractivity contribution < 1.29 is 0 Å². The summed E-state index contributed by atoms with van der Waals surface area (Å²) >= 11 is 0. The fraction of sp³-hybridized carbons (Fsp3) is 0.154. The van der Waals surface area contributed by atoms with Crippen LogP contribution in [-0.4, -0.2) is 6.71 Å². The zero-order valence-electron chi connectivity index (χ0n) is 16.8. The van der Waals surface area contributed by atoms with Crippen LogP contribution in [0.1, 0.15) is 22.3 Å². The van der Waals surface area contributed by atoms with Crippen LogP contribution in [0, 0.1) is 20.8 Å².